The second-order valence-electron chi connectivity index (χ2n) is 5.49. The van der Waals surface area contributed by atoms with Crippen LogP contribution < -0.4 is 10.6 Å². The summed E-state index contributed by atoms with van der Waals surface area (Å²) in [4.78, 5) is 11.5. The molecule has 0 aromatic carbocycles. The Morgan fingerprint density at radius 1 is 1.22 bits per heavy atom. The van der Waals surface area contributed by atoms with Crippen LogP contribution in [0.15, 0.2) is 0 Å². The highest BCUT2D eigenvalue weighted by atomic mass is 16.5. The summed E-state index contributed by atoms with van der Waals surface area (Å²) in [7, 11) is 0. The molecule has 2 heterocycles. The Balaban J connectivity index is 1.49. The quantitative estimate of drug-likeness (QED) is 0.705. The first-order valence-corrected chi connectivity index (χ1v) is 7.45. The van der Waals surface area contributed by atoms with E-state index in [2.05, 4.69) is 10.6 Å². The van der Waals surface area contributed by atoms with Crippen LogP contribution in [0.4, 0.5) is 0 Å². The lowest BCUT2D eigenvalue weighted by molar-refractivity contribution is -0.124. The molecule has 1 amide bonds. The van der Waals surface area contributed by atoms with E-state index < -0.39 is 0 Å². The maximum Gasteiger partial charge on any atom is 0.237 e. The van der Waals surface area contributed by atoms with Gasteiger partial charge in [0.2, 0.25) is 5.91 Å². The highest BCUT2D eigenvalue weighted by molar-refractivity contribution is 5.82. The summed E-state index contributed by atoms with van der Waals surface area (Å²) < 4.78 is 5.36. The molecule has 0 saturated carbocycles. The third-order valence-electron chi connectivity index (χ3n) is 4.06. The molecule has 104 valence electrons. The Morgan fingerprint density at radius 3 is 2.83 bits per heavy atom. The molecular formula is C14H26N2O2. The van der Waals surface area contributed by atoms with E-state index in [0.717, 1.165) is 45.1 Å². The molecule has 0 bridgehead atoms. The van der Waals surface area contributed by atoms with Crippen molar-refractivity contribution in [3.63, 3.8) is 0 Å². The number of nitrogens with one attached hydrogen (secondary N) is 2. The summed E-state index contributed by atoms with van der Waals surface area (Å²) in [6.45, 7) is 3.72. The van der Waals surface area contributed by atoms with Crippen LogP contribution in [0, 0.1) is 5.92 Å². The number of hydrogen-bond donors (Lipinski definition) is 2. The molecular weight excluding hydrogens is 228 g/mol. The van der Waals surface area contributed by atoms with Gasteiger partial charge in [-0.25, -0.2) is 0 Å². The predicted molar refractivity (Wildman–Crippen MR) is 71.4 cm³/mol. The van der Waals surface area contributed by atoms with Crippen molar-refractivity contribution < 1.29 is 9.53 Å². The average Bonchev–Trinajstić information content (AvgIpc) is 2.42. The molecule has 2 fully saturated rings. The largest absolute Gasteiger partial charge is 0.381 e. The van der Waals surface area contributed by atoms with Gasteiger partial charge < -0.3 is 15.4 Å². The SMILES string of the molecule is O=C1NCCCC1NCCCCC1CCOCC1. The molecule has 0 aromatic heterocycles. The van der Waals surface area contributed by atoms with Gasteiger partial charge in [0.05, 0.1) is 6.04 Å². The lowest BCUT2D eigenvalue weighted by Crippen LogP contribution is -2.48. The van der Waals surface area contributed by atoms with Crippen LogP contribution in [0.25, 0.3) is 0 Å². The molecule has 0 radical (unpaired) electrons. The Labute approximate surface area is 110 Å². The van der Waals surface area contributed by atoms with Crippen LogP contribution in [0.1, 0.15) is 44.9 Å². The van der Waals surface area contributed by atoms with Crippen LogP contribution >= 0.6 is 0 Å². The second kappa shape index (κ2) is 7.74. The minimum absolute atomic E-state index is 0.0573. The molecule has 1 atom stereocenters. The first-order chi connectivity index (χ1) is 8.86. The van der Waals surface area contributed by atoms with Crippen molar-refractivity contribution in [3.05, 3.63) is 0 Å². The lowest BCUT2D eigenvalue weighted by atomic mass is 9.94. The standard InChI is InChI=1S/C14H26N2O2/c17-14-13(5-3-9-16-14)15-8-2-1-4-12-6-10-18-11-7-12/h12-13,15H,1-11H2,(H,16,17). The van der Waals surface area contributed by atoms with Gasteiger partial charge in [-0.05, 0) is 44.6 Å². The van der Waals surface area contributed by atoms with Gasteiger partial charge in [-0.2, -0.15) is 0 Å². The van der Waals surface area contributed by atoms with Gasteiger partial charge in [-0.3, -0.25) is 4.79 Å². The van der Waals surface area contributed by atoms with Gasteiger partial charge in [0.1, 0.15) is 0 Å². The van der Waals surface area contributed by atoms with Crippen molar-refractivity contribution in [2.45, 2.75) is 51.0 Å². The molecule has 2 aliphatic rings. The summed E-state index contributed by atoms with van der Waals surface area (Å²) in [5.74, 6) is 1.06. The molecule has 18 heavy (non-hydrogen) atoms. The van der Waals surface area contributed by atoms with E-state index in [1.54, 1.807) is 0 Å². The minimum atomic E-state index is 0.0573. The number of carbonyl (C=O) groups is 1. The number of amides is 1. The third kappa shape index (κ3) is 4.58. The lowest BCUT2D eigenvalue weighted by Gasteiger charge is -2.23. The van der Waals surface area contributed by atoms with Crippen molar-refractivity contribution >= 4 is 5.91 Å². The van der Waals surface area contributed by atoms with E-state index in [9.17, 15) is 4.79 Å². The second-order valence-corrected chi connectivity index (χ2v) is 5.49. The summed E-state index contributed by atoms with van der Waals surface area (Å²) in [5.41, 5.74) is 0. The third-order valence-corrected chi connectivity index (χ3v) is 4.06. The fourth-order valence-electron chi connectivity index (χ4n) is 2.84. The van der Waals surface area contributed by atoms with Crippen molar-refractivity contribution in [2.75, 3.05) is 26.3 Å². The van der Waals surface area contributed by atoms with E-state index in [4.69, 9.17) is 4.74 Å². The summed E-state index contributed by atoms with van der Waals surface area (Å²) in [6.07, 6.45) is 8.34. The molecule has 2 saturated heterocycles. The molecule has 2 N–H and O–H groups in total. The number of unbranched alkanes of at least 4 members (excludes halogenated alkanes) is 1. The number of rotatable bonds is 6. The molecule has 2 aliphatic heterocycles. The van der Waals surface area contributed by atoms with Crippen LogP contribution in [0.2, 0.25) is 0 Å². The van der Waals surface area contributed by atoms with E-state index in [1.165, 1.54) is 32.1 Å². The Morgan fingerprint density at radius 2 is 2.06 bits per heavy atom. The smallest absolute Gasteiger partial charge is 0.237 e. The van der Waals surface area contributed by atoms with Crippen LogP contribution in [0.5, 0.6) is 0 Å². The predicted octanol–water partition coefficient (Wildman–Crippen LogP) is 1.45. The van der Waals surface area contributed by atoms with Crippen LogP contribution in [-0.2, 0) is 9.53 Å². The van der Waals surface area contributed by atoms with E-state index in [0.29, 0.717) is 0 Å². The summed E-state index contributed by atoms with van der Waals surface area (Å²) in [6, 6.07) is 0.0573. The van der Waals surface area contributed by atoms with Crippen LogP contribution in [0.3, 0.4) is 0 Å². The zero-order valence-electron chi connectivity index (χ0n) is 11.2. The van der Waals surface area contributed by atoms with Gasteiger partial charge in [0, 0.05) is 19.8 Å². The molecule has 4 nitrogen and oxygen atoms in total. The van der Waals surface area contributed by atoms with Gasteiger partial charge in [0.25, 0.3) is 0 Å². The zero-order valence-corrected chi connectivity index (χ0v) is 11.2. The number of piperidine rings is 1. The molecule has 0 aromatic rings. The minimum Gasteiger partial charge on any atom is -0.381 e. The van der Waals surface area contributed by atoms with Crippen molar-refractivity contribution in [1.82, 2.24) is 10.6 Å². The highest BCUT2D eigenvalue weighted by Gasteiger charge is 2.20. The van der Waals surface area contributed by atoms with Gasteiger partial charge in [-0.15, -0.1) is 0 Å². The van der Waals surface area contributed by atoms with Crippen molar-refractivity contribution in [3.8, 4) is 0 Å². The molecule has 1 unspecified atom stereocenters. The average molecular weight is 254 g/mol. The van der Waals surface area contributed by atoms with Crippen molar-refractivity contribution in [1.29, 1.82) is 0 Å². The Kier molecular flexibility index (Phi) is 5.94. The first-order valence-electron chi connectivity index (χ1n) is 7.45. The monoisotopic (exact) mass is 254 g/mol. The van der Waals surface area contributed by atoms with Gasteiger partial charge in [0.15, 0.2) is 0 Å². The fraction of sp³-hybridized carbons (Fsp3) is 0.929. The fourth-order valence-corrected chi connectivity index (χ4v) is 2.84. The van der Waals surface area contributed by atoms with Gasteiger partial charge in [-0.1, -0.05) is 12.8 Å². The van der Waals surface area contributed by atoms with E-state index in [1.807, 2.05) is 0 Å². The maximum absolute atomic E-state index is 11.5. The van der Waals surface area contributed by atoms with Gasteiger partial charge >= 0.3 is 0 Å². The number of ether oxygens (including phenoxy) is 1. The summed E-state index contributed by atoms with van der Waals surface area (Å²) >= 11 is 0. The number of hydrogen-bond acceptors (Lipinski definition) is 3. The topological polar surface area (TPSA) is 50.4 Å². The maximum atomic E-state index is 11.5. The molecule has 0 aliphatic carbocycles. The van der Waals surface area contributed by atoms with E-state index in [-0.39, 0.29) is 11.9 Å². The molecule has 4 heteroatoms. The zero-order chi connectivity index (χ0) is 12.6. The first kappa shape index (κ1) is 13.8. The number of carbonyl (C=O) groups excluding carboxylic acids is 1. The normalized spacial score (nSPS) is 26.0. The summed E-state index contributed by atoms with van der Waals surface area (Å²) in [5, 5.41) is 6.28. The van der Waals surface area contributed by atoms with Crippen molar-refractivity contribution in [2.24, 2.45) is 5.92 Å². The van der Waals surface area contributed by atoms with E-state index >= 15 is 0 Å². The molecule has 0 spiro atoms. The molecule has 2 rings (SSSR count). The highest BCUT2D eigenvalue weighted by Crippen LogP contribution is 2.20. The van der Waals surface area contributed by atoms with Crippen LogP contribution in [-0.4, -0.2) is 38.3 Å². The Bertz CT molecular complexity index is 252. The Hall–Kier alpha value is -0.610.